The summed E-state index contributed by atoms with van der Waals surface area (Å²) in [4.78, 5) is 19.0. The fraction of sp³-hybridized carbons (Fsp3) is 0.391. The van der Waals surface area contributed by atoms with Gasteiger partial charge in [-0.1, -0.05) is 32.0 Å². The predicted octanol–water partition coefficient (Wildman–Crippen LogP) is 4.25. The van der Waals surface area contributed by atoms with Crippen LogP contribution in [-0.4, -0.2) is 28.9 Å². The van der Waals surface area contributed by atoms with Gasteiger partial charge in [-0.25, -0.2) is 4.98 Å². The molecule has 2 heterocycles. The van der Waals surface area contributed by atoms with E-state index in [4.69, 9.17) is 13.6 Å². The lowest BCUT2D eigenvalue weighted by atomic mass is 10.0. The normalized spacial score (nSPS) is 12.3. The van der Waals surface area contributed by atoms with E-state index in [1.165, 1.54) is 6.26 Å². The summed E-state index contributed by atoms with van der Waals surface area (Å²) in [7, 11) is 1.68. The van der Waals surface area contributed by atoms with Crippen molar-refractivity contribution < 1.29 is 18.4 Å². The summed E-state index contributed by atoms with van der Waals surface area (Å²) in [6.07, 6.45) is 2.97. The number of nitrogens with zero attached hydrogens (tertiary/aromatic N) is 2. The largest absolute Gasteiger partial charge is 0.496 e. The predicted molar refractivity (Wildman–Crippen MR) is 113 cm³/mol. The van der Waals surface area contributed by atoms with Gasteiger partial charge < -0.3 is 18.9 Å². The minimum Gasteiger partial charge on any atom is -0.496 e. The Labute approximate surface area is 177 Å². The van der Waals surface area contributed by atoms with E-state index < -0.39 is 0 Å². The highest BCUT2D eigenvalue weighted by Crippen LogP contribution is 2.23. The first-order chi connectivity index (χ1) is 14.5. The number of hydrogen-bond acceptors (Lipinski definition) is 6. The number of ether oxygens (including phenoxy) is 1. The molecule has 0 aliphatic heterocycles. The second-order valence-corrected chi connectivity index (χ2v) is 7.59. The smallest absolute Gasteiger partial charge is 0.273 e. The Kier molecular flexibility index (Phi) is 7.30. The fourth-order valence-corrected chi connectivity index (χ4v) is 3.15. The summed E-state index contributed by atoms with van der Waals surface area (Å²) in [5, 5.41) is 2.78. The first kappa shape index (κ1) is 21.6. The van der Waals surface area contributed by atoms with Crippen molar-refractivity contribution in [2.75, 3.05) is 7.11 Å². The van der Waals surface area contributed by atoms with Crippen LogP contribution < -0.4 is 10.1 Å². The minimum absolute atomic E-state index is 0.256. The zero-order valence-corrected chi connectivity index (χ0v) is 17.9. The number of carbonyl (C=O) groups excluding carboxylic acids is 1. The van der Waals surface area contributed by atoms with Gasteiger partial charge in [-0.05, 0) is 31.0 Å². The monoisotopic (exact) mass is 411 g/mol. The number of hydrogen-bond donors (Lipinski definition) is 1. The third kappa shape index (κ3) is 5.51. The molecule has 0 saturated carbocycles. The molecule has 30 heavy (non-hydrogen) atoms. The van der Waals surface area contributed by atoms with Crippen molar-refractivity contribution in [2.24, 2.45) is 5.92 Å². The number of furan rings is 1. The zero-order valence-electron chi connectivity index (χ0n) is 17.9. The van der Waals surface area contributed by atoms with Gasteiger partial charge in [0.2, 0.25) is 5.89 Å². The van der Waals surface area contributed by atoms with E-state index in [1.54, 1.807) is 25.5 Å². The molecule has 1 amide bonds. The summed E-state index contributed by atoms with van der Waals surface area (Å²) in [6.45, 7) is 8.03. The molecule has 0 fully saturated rings. The van der Waals surface area contributed by atoms with Crippen molar-refractivity contribution in [1.82, 2.24) is 15.2 Å². The van der Waals surface area contributed by atoms with E-state index in [0.29, 0.717) is 37.2 Å². The van der Waals surface area contributed by atoms with E-state index in [2.05, 4.69) is 42.0 Å². The number of amides is 1. The van der Waals surface area contributed by atoms with Crippen molar-refractivity contribution >= 4 is 5.91 Å². The molecule has 3 rings (SSSR count). The van der Waals surface area contributed by atoms with E-state index in [0.717, 1.165) is 11.3 Å². The third-order valence-electron chi connectivity index (χ3n) is 5.23. The molecule has 7 heteroatoms. The van der Waals surface area contributed by atoms with Crippen LogP contribution in [0.1, 0.15) is 48.5 Å². The van der Waals surface area contributed by atoms with Gasteiger partial charge in [0.05, 0.1) is 26.5 Å². The maximum atomic E-state index is 12.4. The molecule has 3 aromatic rings. The van der Waals surface area contributed by atoms with Gasteiger partial charge in [-0.15, -0.1) is 0 Å². The van der Waals surface area contributed by atoms with E-state index in [-0.39, 0.29) is 17.6 Å². The average Bonchev–Trinajstić information content (AvgIpc) is 3.43. The highest BCUT2D eigenvalue weighted by molar-refractivity contribution is 5.91. The van der Waals surface area contributed by atoms with Crippen LogP contribution in [-0.2, 0) is 19.6 Å². The lowest BCUT2D eigenvalue weighted by molar-refractivity contribution is 0.0942. The first-order valence-corrected chi connectivity index (χ1v) is 10.1. The quantitative estimate of drug-likeness (QED) is 0.537. The van der Waals surface area contributed by atoms with E-state index in [1.807, 2.05) is 18.2 Å². The topological polar surface area (TPSA) is 80.7 Å². The Balaban J connectivity index is 1.69. The van der Waals surface area contributed by atoms with Gasteiger partial charge in [-0.2, -0.15) is 0 Å². The van der Waals surface area contributed by atoms with Crippen LogP contribution in [0.2, 0.25) is 0 Å². The number of para-hydroxylation sites is 1. The summed E-state index contributed by atoms with van der Waals surface area (Å²) < 4.78 is 16.3. The molecule has 0 unspecified atom stereocenters. The van der Waals surface area contributed by atoms with Gasteiger partial charge in [0.25, 0.3) is 5.91 Å². The van der Waals surface area contributed by atoms with E-state index >= 15 is 0 Å². The van der Waals surface area contributed by atoms with Gasteiger partial charge in [0, 0.05) is 18.2 Å². The maximum Gasteiger partial charge on any atom is 0.273 e. The summed E-state index contributed by atoms with van der Waals surface area (Å²) in [6, 6.07) is 11.8. The number of carbonyl (C=O) groups is 1. The Hall–Kier alpha value is -3.06. The summed E-state index contributed by atoms with van der Waals surface area (Å²) in [5.74, 6) is 2.17. The van der Waals surface area contributed by atoms with Crippen molar-refractivity contribution in [3.8, 4) is 5.75 Å². The number of benzene rings is 1. The van der Waals surface area contributed by atoms with Gasteiger partial charge in [0.1, 0.15) is 17.8 Å². The molecular formula is C23H29N3O4. The Morgan fingerprint density at radius 1 is 1.13 bits per heavy atom. The highest BCUT2D eigenvalue weighted by Gasteiger charge is 2.22. The van der Waals surface area contributed by atoms with Crippen LogP contribution in [0.3, 0.4) is 0 Å². The van der Waals surface area contributed by atoms with Crippen molar-refractivity contribution in [3.05, 3.63) is 71.8 Å². The molecule has 1 N–H and O–H groups in total. The number of nitrogens with one attached hydrogen (secondary N) is 1. The van der Waals surface area contributed by atoms with Crippen LogP contribution in [0.5, 0.6) is 5.75 Å². The number of methoxy groups -OCH3 is 1. The second kappa shape index (κ2) is 10.1. The lowest BCUT2D eigenvalue weighted by Crippen LogP contribution is -2.36. The highest BCUT2D eigenvalue weighted by atomic mass is 16.5. The fourth-order valence-electron chi connectivity index (χ4n) is 3.15. The molecule has 0 aliphatic rings. The maximum absolute atomic E-state index is 12.4. The SMILES string of the molecule is COc1ccccc1CN(Cc1nc(C(=O)NCc2ccco2)co1)[C@@H](C)C(C)C. The number of rotatable bonds is 10. The standard InChI is InChI=1S/C23H29N3O4/c1-16(2)17(3)26(13-18-8-5-6-10-21(18)28-4)14-22-25-20(15-30-22)23(27)24-12-19-9-7-11-29-19/h5-11,15-17H,12-14H2,1-4H3,(H,24,27)/t17-/m0/s1. The summed E-state index contributed by atoms with van der Waals surface area (Å²) in [5.41, 5.74) is 1.35. The molecule has 1 aromatic carbocycles. The molecule has 2 aromatic heterocycles. The third-order valence-corrected chi connectivity index (χ3v) is 5.23. The van der Waals surface area contributed by atoms with Crippen molar-refractivity contribution in [3.63, 3.8) is 0 Å². The molecular weight excluding hydrogens is 382 g/mol. The first-order valence-electron chi connectivity index (χ1n) is 10.1. The van der Waals surface area contributed by atoms with Crippen LogP contribution >= 0.6 is 0 Å². The van der Waals surface area contributed by atoms with Gasteiger partial charge in [-0.3, -0.25) is 9.69 Å². The van der Waals surface area contributed by atoms with Crippen LogP contribution in [0.25, 0.3) is 0 Å². The van der Waals surface area contributed by atoms with Crippen LogP contribution in [0.15, 0.2) is 57.8 Å². The second-order valence-electron chi connectivity index (χ2n) is 7.59. The summed E-state index contributed by atoms with van der Waals surface area (Å²) >= 11 is 0. The van der Waals surface area contributed by atoms with Gasteiger partial charge >= 0.3 is 0 Å². The zero-order chi connectivity index (χ0) is 21.5. The molecule has 0 radical (unpaired) electrons. The minimum atomic E-state index is -0.297. The molecule has 0 aliphatic carbocycles. The number of aromatic nitrogens is 1. The van der Waals surface area contributed by atoms with E-state index in [9.17, 15) is 4.79 Å². The van der Waals surface area contributed by atoms with Gasteiger partial charge in [0.15, 0.2) is 5.69 Å². The van der Waals surface area contributed by atoms with Crippen LogP contribution in [0.4, 0.5) is 0 Å². The molecule has 0 bridgehead atoms. The number of oxazole rings is 1. The van der Waals surface area contributed by atoms with Crippen molar-refractivity contribution in [1.29, 1.82) is 0 Å². The molecule has 160 valence electrons. The van der Waals surface area contributed by atoms with Crippen LogP contribution in [0, 0.1) is 5.92 Å². The Morgan fingerprint density at radius 2 is 1.93 bits per heavy atom. The lowest BCUT2D eigenvalue weighted by Gasteiger charge is -2.31. The Bertz CT molecular complexity index is 934. The molecule has 0 saturated heterocycles. The molecule has 7 nitrogen and oxygen atoms in total. The Morgan fingerprint density at radius 3 is 2.63 bits per heavy atom. The molecule has 1 atom stereocenters. The van der Waals surface area contributed by atoms with Crippen molar-refractivity contribution in [2.45, 2.75) is 46.4 Å². The molecule has 0 spiro atoms. The average molecular weight is 412 g/mol.